The molecular formula is C19H26FN3O2. The van der Waals surface area contributed by atoms with Gasteiger partial charge < -0.3 is 15.1 Å². The van der Waals surface area contributed by atoms with Crippen LogP contribution < -0.4 is 5.32 Å². The highest BCUT2D eigenvalue weighted by molar-refractivity contribution is 5.79. The first-order valence-corrected chi connectivity index (χ1v) is 9.19. The molecule has 2 saturated heterocycles. The maximum absolute atomic E-state index is 13.2. The highest BCUT2D eigenvalue weighted by atomic mass is 19.1. The Morgan fingerprint density at radius 3 is 2.56 bits per heavy atom. The second-order valence-electron chi connectivity index (χ2n) is 6.99. The first-order chi connectivity index (χ1) is 12.1. The Kier molecular flexibility index (Phi) is 5.89. The van der Waals surface area contributed by atoms with E-state index >= 15 is 0 Å². The van der Waals surface area contributed by atoms with Gasteiger partial charge in [0, 0.05) is 32.2 Å². The molecule has 1 N–H and O–H groups in total. The Balaban J connectivity index is 1.55. The SMILES string of the molecule is O=C(Cc1cccc(F)c1)N[C@@H]1CCCCN(C(=O)N2CCCC2)C1. The van der Waals surface area contributed by atoms with Crippen molar-refractivity contribution in [2.24, 2.45) is 0 Å². The van der Waals surface area contributed by atoms with Gasteiger partial charge in [0.25, 0.3) is 0 Å². The van der Waals surface area contributed by atoms with Crippen molar-refractivity contribution in [1.29, 1.82) is 0 Å². The number of carbonyl (C=O) groups is 2. The van der Waals surface area contributed by atoms with Gasteiger partial charge in [-0.25, -0.2) is 9.18 Å². The Bertz CT molecular complexity index is 616. The lowest BCUT2D eigenvalue weighted by molar-refractivity contribution is -0.121. The maximum Gasteiger partial charge on any atom is 0.320 e. The fraction of sp³-hybridized carbons (Fsp3) is 0.579. The molecule has 6 heteroatoms. The average molecular weight is 347 g/mol. The average Bonchev–Trinajstić information content (AvgIpc) is 3.01. The first-order valence-electron chi connectivity index (χ1n) is 9.19. The summed E-state index contributed by atoms with van der Waals surface area (Å²) in [5, 5.41) is 3.03. The molecule has 1 aromatic carbocycles. The number of likely N-dealkylation sites (tertiary alicyclic amines) is 2. The number of nitrogens with one attached hydrogen (secondary N) is 1. The van der Waals surface area contributed by atoms with Crippen LogP contribution in [0.1, 0.15) is 37.7 Å². The molecule has 0 unspecified atom stereocenters. The first kappa shape index (κ1) is 17.7. The van der Waals surface area contributed by atoms with Gasteiger partial charge in [-0.3, -0.25) is 4.79 Å². The summed E-state index contributed by atoms with van der Waals surface area (Å²) in [5.41, 5.74) is 0.663. The lowest BCUT2D eigenvalue weighted by atomic mass is 10.1. The van der Waals surface area contributed by atoms with Crippen LogP contribution in [-0.4, -0.2) is 54.0 Å². The molecule has 2 fully saturated rings. The van der Waals surface area contributed by atoms with Crippen LogP contribution in [0.3, 0.4) is 0 Å². The largest absolute Gasteiger partial charge is 0.351 e. The molecule has 0 radical (unpaired) electrons. The minimum Gasteiger partial charge on any atom is -0.351 e. The van der Waals surface area contributed by atoms with Gasteiger partial charge in [-0.1, -0.05) is 12.1 Å². The molecule has 3 rings (SSSR count). The molecule has 2 aliphatic heterocycles. The zero-order chi connectivity index (χ0) is 17.6. The molecule has 0 aromatic heterocycles. The molecule has 5 nitrogen and oxygen atoms in total. The fourth-order valence-electron chi connectivity index (χ4n) is 3.65. The quantitative estimate of drug-likeness (QED) is 0.914. The van der Waals surface area contributed by atoms with E-state index in [1.165, 1.54) is 12.1 Å². The minimum atomic E-state index is -0.331. The fourth-order valence-corrected chi connectivity index (χ4v) is 3.65. The summed E-state index contributed by atoms with van der Waals surface area (Å²) in [5.74, 6) is -0.451. The van der Waals surface area contributed by atoms with Crippen molar-refractivity contribution in [3.8, 4) is 0 Å². The molecule has 136 valence electrons. The maximum atomic E-state index is 13.2. The molecule has 0 aliphatic carbocycles. The minimum absolute atomic E-state index is 0.0323. The summed E-state index contributed by atoms with van der Waals surface area (Å²) in [6, 6.07) is 6.18. The Morgan fingerprint density at radius 1 is 1.08 bits per heavy atom. The van der Waals surface area contributed by atoms with Crippen LogP contribution in [-0.2, 0) is 11.2 Å². The third-order valence-electron chi connectivity index (χ3n) is 4.94. The van der Waals surface area contributed by atoms with Crippen molar-refractivity contribution in [2.45, 2.75) is 44.6 Å². The number of benzene rings is 1. The molecule has 1 aromatic rings. The van der Waals surface area contributed by atoms with Gasteiger partial charge in [0.05, 0.1) is 6.42 Å². The summed E-state index contributed by atoms with van der Waals surface area (Å²) in [4.78, 5) is 28.7. The molecule has 2 aliphatic rings. The summed E-state index contributed by atoms with van der Waals surface area (Å²) in [7, 11) is 0. The van der Waals surface area contributed by atoms with E-state index in [1.54, 1.807) is 12.1 Å². The van der Waals surface area contributed by atoms with E-state index in [0.717, 1.165) is 51.7 Å². The summed E-state index contributed by atoms with van der Waals surface area (Å²) in [6.07, 6.45) is 5.15. The van der Waals surface area contributed by atoms with Crippen molar-refractivity contribution in [1.82, 2.24) is 15.1 Å². The molecule has 3 amide bonds. The van der Waals surface area contributed by atoms with Crippen LogP contribution in [0.25, 0.3) is 0 Å². The molecule has 0 spiro atoms. The van der Waals surface area contributed by atoms with Crippen LogP contribution in [0, 0.1) is 5.82 Å². The van der Waals surface area contributed by atoms with Crippen LogP contribution in [0.4, 0.5) is 9.18 Å². The predicted octanol–water partition coefficient (Wildman–Crippen LogP) is 2.55. The third kappa shape index (κ3) is 4.94. The van der Waals surface area contributed by atoms with E-state index in [-0.39, 0.29) is 30.2 Å². The van der Waals surface area contributed by atoms with E-state index in [2.05, 4.69) is 5.32 Å². The zero-order valence-corrected chi connectivity index (χ0v) is 14.5. The lowest BCUT2D eigenvalue weighted by Crippen LogP contribution is -2.48. The van der Waals surface area contributed by atoms with Gasteiger partial charge in [-0.05, 0) is 49.8 Å². The number of hydrogen-bond donors (Lipinski definition) is 1. The number of hydrogen-bond acceptors (Lipinski definition) is 2. The van der Waals surface area contributed by atoms with Crippen LogP contribution in [0.15, 0.2) is 24.3 Å². The smallest absolute Gasteiger partial charge is 0.320 e. The molecule has 0 bridgehead atoms. The molecular weight excluding hydrogens is 321 g/mol. The van der Waals surface area contributed by atoms with E-state index < -0.39 is 0 Å². The van der Waals surface area contributed by atoms with Crippen molar-refractivity contribution >= 4 is 11.9 Å². The van der Waals surface area contributed by atoms with Crippen LogP contribution >= 0.6 is 0 Å². The second-order valence-corrected chi connectivity index (χ2v) is 6.99. The number of nitrogens with zero attached hydrogens (tertiary/aromatic N) is 2. The Labute approximate surface area is 148 Å². The Hall–Kier alpha value is -2.11. The van der Waals surface area contributed by atoms with Gasteiger partial charge in [0.15, 0.2) is 0 Å². The van der Waals surface area contributed by atoms with Gasteiger partial charge in [0.2, 0.25) is 5.91 Å². The van der Waals surface area contributed by atoms with E-state index in [9.17, 15) is 14.0 Å². The summed E-state index contributed by atoms with van der Waals surface area (Å²) >= 11 is 0. The number of urea groups is 1. The monoisotopic (exact) mass is 347 g/mol. The third-order valence-corrected chi connectivity index (χ3v) is 4.94. The molecule has 0 saturated carbocycles. The molecule has 1 atom stereocenters. The molecule has 2 heterocycles. The summed E-state index contributed by atoms with van der Waals surface area (Å²) in [6.45, 7) is 2.99. The Morgan fingerprint density at radius 2 is 1.80 bits per heavy atom. The van der Waals surface area contributed by atoms with Crippen LogP contribution in [0.2, 0.25) is 0 Å². The molecule has 25 heavy (non-hydrogen) atoms. The van der Waals surface area contributed by atoms with Gasteiger partial charge in [0.1, 0.15) is 5.82 Å². The number of carbonyl (C=O) groups excluding carboxylic acids is 2. The highest BCUT2D eigenvalue weighted by Crippen LogP contribution is 2.16. The van der Waals surface area contributed by atoms with E-state index in [1.807, 2.05) is 9.80 Å². The highest BCUT2D eigenvalue weighted by Gasteiger charge is 2.27. The standard InChI is InChI=1S/C19H26FN3O2/c20-16-7-5-6-15(12-16)13-18(24)21-17-8-1-2-11-23(14-17)19(25)22-9-3-4-10-22/h5-7,12,17H,1-4,8-11,13-14H2,(H,21,24)/t17-/m1/s1. The van der Waals surface area contributed by atoms with Gasteiger partial charge >= 0.3 is 6.03 Å². The lowest BCUT2D eigenvalue weighted by Gasteiger charge is -2.29. The normalized spacial score (nSPS) is 21.1. The number of halogens is 1. The predicted molar refractivity (Wildman–Crippen MR) is 93.7 cm³/mol. The van der Waals surface area contributed by atoms with Gasteiger partial charge in [-0.15, -0.1) is 0 Å². The second kappa shape index (κ2) is 8.32. The zero-order valence-electron chi connectivity index (χ0n) is 14.5. The van der Waals surface area contributed by atoms with Gasteiger partial charge in [-0.2, -0.15) is 0 Å². The van der Waals surface area contributed by atoms with E-state index in [0.29, 0.717) is 12.1 Å². The van der Waals surface area contributed by atoms with Crippen molar-refractivity contribution in [3.05, 3.63) is 35.6 Å². The topological polar surface area (TPSA) is 52.7 Å². The van der Waals surface area contributed by atoms with Crippen molar-refractivity contribution < 1.29 is 14.0 Å². The van der Waals surface area contributed by atoms with Crippen molar-refractivity contribution in [2.75, 3.05) is 26.2 Å². The van der Waals surface area contributed by atoms with E-state index in [4.69, 9.17) is 0 Å². The number of rotatable bonds is 3. The summed E-state index contributed by atoms with van der Waals surface area (Å²) < 4.78 is 13.2. The number of amides is 3. The van der Waals surface area contributed by atoms with Crippen LogP contribution in [0.5, 0.6) is 0 Å². The van der Waals surface area contributed by atoms with Crippen molar-refractivity contribution in [3.63, 3.8) is 0 Å².